The molecule has 0 unspecified atom stereocenters. The molecule has 0 aliphatic carbocycles. The van der Waals surface area contributed by atoms with Gasteiger partial charge in [0.05, 0.1) is 7.11 Å². The van der Waals surface area contributed by atoms with Crippen molar-refractivity contribution in [2.24, 2.45) is 0 Å². The summed E-state index contributed by atoms with van der Waals surface area (Å²) < 4.78 is 5.25. The van der Waals surface area contributed by atoms with Crippen molar-refractivity contribution in [3.63, 3.8) is 0 Å². The number of anilines is 1. The number of nitrogens with zero attached hydrogens (tertiary/aromatic N) is 3. The van der Waals surface area contributed by atoms with Gasteiger partial charge < -0.3 is 10.1 Å². The number of hydrogen-bond acceptors (Lipinski definition) is 5. The Balaban J connectivity index is 1.85. The van der Waals surface area contributed by atoms with Crippen LogP contribution in [0.2, 0.25) is 0 Å². The lowest BCUT2D eigenvalue weighted by molar-refractivity contribution is -0.117. The van der Waals surface area contributed by atoms with E-state index in [4.69, 9.17) is 4.74 Å². The van der Waals surface area contributed by atoms with Gasteiger partial charge in [-0.15, -0.1) is 10.2 Å². The molecule has 7 heteroatoms. The number of hydrogen-bond donors (Lipinski definition) is 2. The first-order chi connectivity index (χ1) is 12.2. The second-order valence-corrected chi connectivity index (χ2v) is 5.68. The van der Waals surface area contributed by atoms with Crippen LogP contribution in [0.25, 0.3) is 0 Å². The molecule has 0 saturated carbocycles. The molecule has 3 aromatic rings. The van der Waals surface area contributed by atoms with Crippen LogP contribution in [0.5, 0.6) is 5.75 Å². The molecule has 0 fully saturated rings. The molecule has 7 nitrogen and oxygen atoms in total. The smallest absolute Gasteiger partial charge is 0.235 e. The fourth-order valence-electron chi connectivity index (χ4n) is 2.59. The van der Waals surface area contributed by atoms with Crippen molar-refractivity contribution < 1.29 is 9.53 Å². The maximum absolute atomic E-state index is 12.9. The summed E-state index contributed by atoms with van der Waals surface area (Å²) >= 11 is 0. The number of tetrazole rings is 1. The Morgan fingerprint density at radius 1 is 1.24 bits per heavy atom. The molecule has 1 heterocycles. The Morgan fingerprint density at radius 2 is 2.08 bits per heavy atom. The Bertz CT molecular complexity index is 848. The molecule has 0 aliphatic rings. The lowest BCUT2D eigenvalue weighted by atomic mass is 9.97. The van der Waals surface area contributed by atoms with E-state index in [-0.39, 0.29) is 5.91 Å². The zero-order valence-electron chi connectivity index (χ0n) is 14.1. The summed E-state index contributed by atoms with van der Waals surface area (Å²) in [5.41, 5.74) is 2.71. The Hall–Kier alpha value is -3.22. The lowest BCUT2D eigenvalue weighted by Gasteiger charge is -2.15. The predicted octanol–water partition coefficient (Wildman–Crippen LogP) is 2.48. The van der Waals surface area contributed by atoms with Gasteiger partial charge in [0.15, 0.2) is 5.82 Å². The Labute approximate surface area is 145 Å². The van der Waals surface area contributed by atoms with Gasteiger partial charge in [0.1, 0.15) is 11.7 Å². The van der Waals surface area contributed by atoms with E-state index in [1.807, 2.05) is 55.5 Å². The highest BCUT2D eigenvalue weighted by Crippen LogP contribution is 2.23. The molecule has 0 bridgehead atoms. The van der Waals surface area contributed by atoms with Crippen molar-refractivity contribution in [1.82, 2.24) is 20.6 Å². The SMILES string of the molecule is COc1cccc(C[C@@H](C(=O)Nc2ccccc2C)c2nn[nH]n2)c1. The fraction of sp³-hybridized carbons (Fsp3) is 0.222. The first-order valence-electron chi connectivity index (χ1n) is 7.90. The largest absolute Gasteiger partial charge is 0.497 e. The average Bonchev–Trinajstić information content (AvgIpc) is 3.16. The summed E-state index contributed by atoms with van der Waals surface area (Å²) in [5, 5.41) is 17.0. The molecule has 1 aromatic heterocycles. The third-order valence-corrected chi connectivity index (χ3v) is 3.97. The van der Waals surface area contributed by atoms with Gasteiger partial charge in [0.2, 0.25) is 5.91 Å². The van der Waals surface area contributed by atoms with Gasteiger partial charge in [0.25, 0.3) is 0 Å². The number of aromatic amines is 1. The van der Waals surface area contributed by atoms with Gasteiger partial charge in [0, 0.05) is 5.69 Å². The summed E-state index contributed by atoms with van der Waals surface area (Å²) in [6, 6.07) is 15.2. The van der Waals surface area contributed by atoms with Crippen molar-refractivity contribution in [3.8, 4) is 5.75 Å². The van der Waals surface area contributed by atoms with E-state index in [2.05, 4.69) is 25.9 Å². The minimum absolute atomic E-state index is 0.182. The van der Waals surface area contributed by atoms with Crippen LogP contribution in [0.1, 0.15) is 22.9 Å². The van der Waals surface area contributed by atoms with E-state index in [1.165, 1.54) is 0 Å². The molecule has 1 amide bonds. The van der Waals surface area contributed by atoms with Gasteiger partial charge in [-0.05, 0) is 42.7 Å². The number of nitrogens with one attached hydrogen (secondary N) is 2. The second kappa shape index (κ2) is 7.57. The first-order valence-corrected chi connectivity index (χ1v) is 7.90. The van der Waals surface area contributed by atoms with Crippen molar-refractivity contribution in [3.05, 3.63) is 65.5 Å². The topological polar surface area (TPSA) is 92.8 Å². The minimum atomic E-state index is -0.564. The molecule has 1 atom stereocenters. The number of carbonyl (C=O) groups excluding carboxylic acids is 1. The van der Waals surface area contributed by atoms with Gasteiger partial charge >= 0.3 is 0 Å². The van der Waals surface area contributed by atoms with Gasteiger partial charge in [-0.1, -0.05) is 35.5 Å². The summed E-state index contributed by atoms with van der Waals surface area (Å²) in [6.07, 6.45) is 0.439. The second-order valence-electron chi connectivity index (χ2n) is 5.68. The van der Waals surface area contributed by atoms with Crippen LogP contribution >= 0.6 is 0 Å². The maximum atomic E-state index is 12.9. The van der Waals surface area contributed by atoms with Crippen molar-refractivity contribution >= 4 is 11.6 Å². The number of ether oxygens (including phenoxy) is 1. The van der Waals surface area contributed by atoms with E-state index in [0.717, 1.165) is 22.6 Å². The van der Waals surface area contributed by atoms with Gasteiger partial charge in [-0.25, -0.2) is 0 Å². The number of benzene rings is 2. The average molecular weight is 337 g/mol. The Morgan fingerprint density at radius 3 is 2.80 bits per heavy atom. The van der Waals surface area contributed by atoms with Crippen molar-refractivity contribution in [1.29, 1.82) is 0 Å². The van der Waals surface area contributed by atoms with Crippen molar-refractivity contribution in [2.75, 3.05) is 12.4 Å². The summed E-state index contributed by atoms with van der Waals surface area (Å²) in [6.45, 7) is 1.95. The van der Waals surface area contributed by atoms with Crippen LogP contribution in [-0.4, -0.2) is 33.6 Å². The Kier molecular flexibility index (Phi) is 5.03. The van der Waals surface area contributed by atoms with Crippen LogP contribution in [0, 0.1) is 6.92 Å². The number of carbonyl (C=O) groups is 1. The van der Waals surface area contributed by atoms with E-state index in [0.29, 0.717) is 12.2 Å². The highest BCUT2D eigenvalue weighted by Gasteiger charge is 2.26. The number of aromatic nitrogens is 4. The predicted molar refractivity (Wildman–Crippen MR) is 93.4 cm³/mol. The third kappa shape index (κ3) is 4.00. The number of rotatable bonds is 6. The van der Waals surface area contributed by atoms with Crippen molar-refractivity contribution in [2.45, 2.75) is 19.3 Å². The molecule has 0 spiro atoms. The summed E-state index contributed by atoms with van der Waals surface area (Å²) in [4.78, 5) is 12.9. The standard InChI is InChI=1S/C18H19N5O2/c1-12-6-3-4-9-16(12)19-18(24)15(17-20-22-23-21-17)11-13-7-5-8-14(10-13)25-2/h3-10,15H,11H2,1-2H3,(H,19,24)(H,20,21,22,23)/t15-/m1/s1. The number of methoxy groups -OCH3 is 1. The molecule has 25 heavy (non-hydrogen) atoms. The summed E-state index contributed by atoms with van der Waals surface area (Å²) in [5.74, 6) is 0.349. The number of amides is 1. The van der Waals surface area contributed by atoms with Crippen LogP contribution in [0.3, 0.4) is 0 Å². The fourth-order valence-corrected chi connectivity index (χ4v) is 2.59. The number of H-pyrrole nitrogens is 1. The molecule has 0 radical (unpaired) electrons. The molecule has 2 N–H and O–H groups in total. The van der Waals surface area contributed by atoms with E-state index in [1.54, 1.807) is 7.11 Å². The van der Waals surface area contributed by atoms with E-state index >= 15 is 0 Å². The maximum Gasteiger partial charge on any atom is 0.235 e. The third-order valence-electron chi connectivity index (χ3n) is 3.97. The number of aryl methyl sites for hydroxylation is 1. The lowest BCUT2D eigenvalue weighted by Crippen LogP contribution is -2.24. The molecular weight excluding hydrogens is 318 g/mol. The quantitative estimate of drug-likeness (QED) is 0.721. The van der Waals surface area contributed by atoms with Crippen LogP contribution in [0.4, 0.5) is 5.69 Å². The molecule has 2 aromatic carbocycles. The van der Waals surface area contributed by atoms with Gasteiger partial charge in [-0.2, -0.15) is 5.21 Å². The van der Waals surface area contributed by atoms with Gasteiger partial charge in [-0.3, -0.25) is 4.79 Å². The normalized spacial score (nSPS) is 11.8. The monoisotopic (exact) mass is 337 g/mol. The molecule has 128 valence electrons. The van der Waals surface area contributed by atoms with Crippen LogP contribution in [0.15, 0.2) is 48.5 Å². The zero-order valence-corrected chi connectivity index (χ0v) is 14.1. The number of para-hydroxylation sites is 1. The highest BCUT2D eigenvalue weighted by atomic mass is 16.5. The molecule has 3 rings (SSSR count). The van der Waals surface area contributed by atoms with Crippen LogP contribution < -0.4 is 10.1 Å². The van der Waals surface area contributed by atoms with E-state index in [9.17, 15) is 4.79 Å². The molecular formula is C18H19N5O2. The van der Waals surface area contributed by atoms with E-state index < -0.39 is 5.92 Å². The van der Waals surface area contributed by atoms with Crippen LogP contribution in [-0.2, 0) is 11.2 Å². The summed E-state index contributed by atoms with van der Waals surface area (Å²) in [7, 11) is 1.61. The minimum Gasteiger partial charge on any atom is -0.497 e. The highest BCUT2D eigenvalue weighted by molar-refractivity contribution is 5.96. The molecule has 0 saturated heterocycles. The molecule has 0 aliphatic heterocycles. The zero-order chi connectivity index (χ0) is 17.6. The first kappa shape index (κ1) is 16.6.